The summed E-state index contributed by atoms with van der Waals surface area (Å²) in [5.74, 6) is -0.662. The normalized spacial score (nSPS) is 10.0. The molecular weight excluding hydrogens is 254 g/mol. The lowest BCUT2D eigenvalue weighted by atomic mass is 10.1. The highest BCUT2D eigenvalue weighted by Crippen LogP contribution is 2.15. The molecule has 0 bridgehead atoms. The highest BCUT2D eigenvalue weighted by molar-refractivity contribution is 6.07. The molecule has 5 heteroatoms. The molecule has 0 saturated carbocycles. The van der Waals surface area contributed by atoms with Crippen molar-refractivity contribution < 1.29 is 9.59 Å². The lowest BCUT2D eigenvalue weighted by Crippen LogP contribution is -2.15. The van der Waals surface area contributed by atoms with E-state index in [0.29, 0.717) is 16.9 Å². The number of para-hydroxylation sites is 1. The van der Waals surface area contributed by atoms with Gasteiger partial charge in [0.15, 0.2) is 0 Å². The summed E-state index contributed by atoms with van der Waals surface area (Å²) in [6.07, 6.45) is 0.180. The maximum absolute atomic E-state index is 12.0. The number of carbonyl (C=O) groups excluding carboxylic acids is 2. The van der Waals surface area contributed by atoms with Crippen molar-refractivity contribution in [2.45, 2.75) is 6.42 Å². The van der Waals surface area contributed by atoms with Crippen molar-refractivity contribution in [1.29, 1.82) is 0 Å². The largest absolute Gasteiger partial charge is 0.398 e. The Hall–Kier alpha value is -2.82. The number of primary amides is 1. The number of benzene rings is 2. The van der Waals surface area contributed by atoms with Gasteiger partial charge < -0.3 is 16.8 Å². The Balaban J connectivity index is 2.09. The van der Waals surface area contributed by atoms with E-state index in [-0.39, 0.29) is 18.2 Å². The van der Waals surface area contributed by atoms with Gasteiger partial charge in [-0.2, -0.15) is 0 Å². The van der Waals surface area contributed by atoms with Gasteiger partial charge in [-0.05, 0) is 29.8 Å². The first-order chi connectivity index (χ1) is 9.56. The van der Waals surface area contributed by atoms with Gasteiger partial charge in [-0.15, -0.1) is 0 Å². The fourth-order valence-electron chi connectivity index (χ4n) is 1.81. The summed E-state index contributed by atoms with van der Waals surface area (Å²) in [6.45, 7) is 0. The zero-order chi connectivity index (χ0) is 14.5. The molecule has 0 saturated heterocycles. The first kappa shape index (κ1) is 13.6. The molecule has 0 aliphatic carbocycles. The predicted octanol–water partition coefficient (Wildman–Crippen LogP) is 1.55. The van der Waals surface area contributed by atoms with Gasteiger partial charge >= 0.3 is 0 Å². The van der Waals surface area contributed by atoms with Crippen molar-refractivity contribution in [1.82, 2.24) is 0 Å². The number of rotatable bonds is 4. The van der Waals surface area contributed by atoms with Crippen LogP contribution in [0.25, 0.3) is 0 Å². The molecule has 0 heterocycles. The standard InChI is InChI=1S/C15H15N3O2/c16-13-4-2-1-3-12(13)15(20)18-11-7-5-10(6-8-11)9-14(17)19/h1-8H,9,16H2,(H2,17,19)(H,18,20). The molecule has 102 valence electrons. The van der Waals surface area contributed by atoms with Crippen LogP contribution in [0.1, 0.15) is 15.9 Å². The third-order valence-electron chi connectivity index (χ3n) is 2.80. The summed E-state index contributed by atoms with van der Waals surface area (Å²) < 4.78 is 0. The lowest BCUT2D eigenvalue weighted by molar-refractivity contribution is -0.117. The molecule has 0 spiro atoms. The summed E-state index contributed by atoms with van der Waals surface area (Å²) in [5.41, 5.74) is 13.1. The van der Waals surface area contributed by atoms with Crippen LogP contribution in [0, 0.1) is 0 Å². The number of nitrogens with one attached hydrogen (secondary N) is 1. The van der Waals surface area contributed by atoms with Crippen LogP contribution in [0.3, 0.4) is 0 Å². The minimum atomic E-state index is -0.390. The Bertz CT molecular complexity index is 636. The van der Waals surface area contributed by atoms with Crippen LogP contribution >= 0.6 is 0 Å². The molecule has 2 aromatic rings. The fourth-order valence-corrected chi connectivity index (χ4v) is 1.81. The predicted molar refractivity (Wildman–Crippen MR) is 78.1 cm³/mol. The maximum Gasteiger partial charge on any atom is 0.257 e. The van der Waals surface area contributed by atoms with Crippen LogP contribution in [-0.2, 0) is 11.2 Å². The lowest BCUT2D eigenvalue weighted by Gasteiger charge is -2.08. The number of amides is 2. The molecule has 5 N–H and O–H groups in total. The molecule has 2 aromatic carbocycles. The smallest absolute Gasteiger partial charge is 0.257 e. The quantitative estimate of drug-likeness (QED) is 0.734. The second kappa shape index (κ2) is 5.88. The molecule has 0 aliphatic rings. The van der Waals surface area contributed by atoms with Crippen LogP contribution in [0.5, 0.6) is 0 Å². The van der Waals surface area contributed by atoms with Crippen molar-refractivity contribution in [2.75, 3.05) is 11.1 Å². The van der Waals surface area contributed by atoms with Crippen molar-refractivity contribution in [2.24, 2.45) is 5.73 Å². The van der Waals surface area contributed by atoms with E-state index in [0.717, 1.165) is 5.56 Å². The Morgan fingerprint density at radius 3 is 2.25 bits per heavy atom. The monoisotopic (exact) mass is 269 g/mol. The fraction of sp³-hybridized carbons (Fsp3) is 0.0667. The zero-order valence-corrected chi connectivity index (χ0v) is 10.8. The van der Waals surface area contributed by atoms with Crippen LogP contribution in [0.15, 0.2) is 48.5 Å². The number of hydrogen-bond donors (Lipinski definition) is 3. The van der Waals surface area contributed by atoms with Gasteiger partial charge in [0.1, 0.15) is 0 Å². The third kappa shape index (κ3) is 3.35. The van der Waals surface area contributed by atoms with Crippen molar-refractivity contribution >= 4 is 23.2 Å². The molecule has 0 fully saturated rings. The van der Waals surface area contributed by atoms with Gasteiger partial charge in [-0.25, -0.2) is 0 Å². The molecule has 20 heavy (non-hydrogen) atoms. The second-order valence-electron chi connectivity index (χ2n) is 4.38. The number of carbonyl (C=O) groups is 2. The minimum Gasteiger partial charge on any atom is -0.398 e. The average Bonchev–Trinajstić information content (AvgIpc) is 2.41. The van der Waals surface area contributed by atoms with Gasteiger partial charge in [0, 0.05) is 11.4 Å². The van der Waals surface area contributed by atoms with Gasteiger partial charge in [0.2, 0.25) is 5.91 Å². The van der Waals surface area contributed by atoms with Crippen LogP contribution in [-0.4, -0.2) is 11.8 Å². The minimum absolute atomic E-state index is 0.180. The van der Waals surface area contributed by atoms with E-state index < -0.39 is 0 Å². The summed E-state index contributed by atoms with van der Waals surface area (Å²) in [4.78, 5) is 22.8. The van der Waals surface area contributed by atoms with E-state index in [4.69, 9.17) is 11.5 Å². The Kier molecular flexibility index (Phi) is 4.00. The van der Waals surface area contributed by atoms with Crippen LogP contribution in [0.4, 0.5) is 11.4 Å². The van der Waals surface area contributed by atoms with E-state index >= 15 is 0 Å². The summed E-state index contributed by atoms with van der Waals surface area (Å²) in [5, 5.41) is 2.74. The molecule has 0 unspecified atom stereocenters. The second-order valence-corrected chi connectivity index (χ2v) is 4.38. The first-order valence-corrected chi connectivity index (χ1v) is 6.09. The first-order valence-electron chi connectivity index (χ1n) is 6.09. The highest BCUT2D eigenvalue weighted by Gasteiger charge is 2.09. The number of hydrogen-bond acceptors (Lipinski definition) is 3. The Morgan fingerprint density at radius 2 is 1.65 bits per heavy atom. The van der Waals surface area contributed by atoms with E-state index in [1.54, 1.807) is 48.5 Å². The number of anilines is 2. The summed E-state index contributed by atoms with van der Waals surface area (Å²) in [6, 6.07) is 13.8. The molecule has 0 atom stereocenters. The Morgan fingerprint density at radius 1 is 1.00 bits per heavy atom. The zero-order valence-electron chi connectivity index (χ0n) is 10.8. The van der Waals surface area contributed by atoms with E-state index in [2.05, 4.69) is 5.32 Å². The van der Waals surface area contributed by atoms with Crippen molar-refractivity contribution in [3.63, 3.8) is 0 Å². The molecular formula is C15H15N3O2. The van der Waals surface area contributed by atoms with E-state index in [9.17, 15) is 9.59 Å². The van der Waals surface area contributed by atoms with Crippen LogP contribution in [0.2, 0.25) is 0 Å². The number of nitrogen functional groups attached to an aromatic ring is 1. The molecule has 2 rings (SSSR count). The van der Waals surface area contributed by atoms with Crippen molar-refractivity contribution in [3.8, 4) is 0 Å². The topological polar surface area (TPSA) is 98.2 Å². The van der Waals surface area contributed by atoms with E-state index in [1.165, 1.54) is 0 Å². The molecule has 0 aromatic heterocycles. The highest BCUT2D eigenvalue weighted by atomic mass is 16.2. The number of nitrogens with two attached hydrogens (primary N) is 2. The molecule has 2 amide bonds. The van der Waals surface area contributed by atoms with Crippen LogP contribution < -0.4 is 16.8 Å². The van der Waals surface area contributed by atoms with E-state index in [1.807, 2.05) is 0 Å². The maximum atomic E-state index is 12.0. The average molecular weight is 269 g/mol. The molecule has 5 nitrogen and oxygen atoms in total. The summed E-state index contributed by atoms with van der Waals surface area (Å²) >= 11 is 0. The molecule has 0 aliphatic heterocycles. The van der Waals surface area contributed by atoms with Gasteiger partial charge in [0.05, 0.1) is 12.0 Å². The molecule has 0 radical (unpaired) electrons. The van der Waals surface area contributed by atoms with Gasteiger partial charge in [-0.1, -0.05) is 24.3 Å². The third-order valence-corrected chi connectivity index (χ3v) is 2.80. The Labute approximate surface area is 116 Å². The van der Waals surface area contributed by atoms with Crippen molar-refractivity contribution in [3.05, 3.63) is 59.7 Å². The SMILES string of the molecule is NC(=O)Cc1ccc(NC(=O)c2ccccc2N)cc1. The van der Waals surface area contributed by atoms with Gasteiger partial charge in [-0.3, -0.25) is 9.59 Å². The van der Waals surface area contributed by atoms with Gasteiger partial charge in [0.25, 0.3) is 5.91 Å². The summed E-state index contributed by atoms with van der Waals surface area (Å²) in [7, 11) is 0.